The second-order valence-corrected chi connectivity index (χ2v) is 5.11. The lowest BCUT2D eigenvalue weighted by molar-refractivity contribution is -0.123. The minimum atomic E-state index is -1.08. The molecule has 2 aromatic carbocycles. The van der Waals surface area contributed by atoms with Crippen LogP contribution in [0.1, 0.15) is 22.8 Å². The minimum Gasteiger partial charge on any atom is -0.507 e. The summed E-state index contributed by atoms with van der Waals surface area (Å²) in [6, 6.07) is 12.3. The quantitative estimate of drug-likeness (QED) is 0.809. The van der Waals surface area contributed by atoms with E-state index < -0.39 is 18.0 Å². The standard InChI is InChI=1S/C18H16N2O5/c1-11(17(22)20-13-5-3-12(10-19)4-6-13)25-18(23)15-8-7-14(24-2)9-16(15)21/h3-9,11,21H,1-2H3,(H,20,22)/t11-/m1/s1. The number of hydrogen-bond donors (Lipinski definition) is 2. The Kier molecular flexibility index (Phi) is 5.58. The normalized spacial score (nSPS) is 11.1. The first-order chi connectivity index (χ1) is 11.9. The second kappa shape index (κ2) is 7.84. The van der Waals surface area contributed by atoms with Crippen LogP contribution >= 0.6 is 0 Å². The number of nitrogens with one attached hydrogen (secondary N) is 1. The fraction of sp³-hybridized carbons (Fsp3) is 0.167. The number of rotatable bonds is 5. The van der Waals surface area contributed by atoms with Gasteiger partial charge in [0.15, 0.2) is 6.10 Å². The lowest BCUT2D eigenvalue weighted by Crippen LogP contribution is -2.30. The molecule has 2 aromatic rings. The Hall–Kier alpha value is -3.53. The molecule has 2 rings (SSSR count). The van der Waals surface area contributed by atoms with Crippen molar-refractivity contribution in [2.45, 2.75) is 13.0 Å². The van der Waals surface area contributed by atoms with Gasteiger partial charge >= 0.3 is 5.97 Å². The van der Waals surface area contributed by atoms with Crippen molar-refractivity contribution in [3.8, 4) is 17.6 Å². The topological polar surface area (TPSA) is 109 Å². The third-order valence-electron chi connectivity index (χ3n) is 3.36. The van der Waals surface area contributed by atoms with Crippen LogP contribution in [0.25, 0.3) is 0 Å². The van der Waals surface area contributed by atoms with E-state index in [1.165, 1.54) is 32.2 Å². The van der Waals surface area contributed by atoms with Gasteiger partial charge in [0.1, 0.15) is 17.1 Å². The predicted octanol–water partition coefficient (Wildman–Crippen LogP) is 2.46. The number of benzene rings is 2. The summed E-state index contributed by atoms with van der Waals surface area (Å²) in [5, 5.41) is 21.1. The number of hydrogen-bond acceptors (Lipinski definition) is 6. The molecular weight excluding hydrogens is 324 g/mol. The number of carbonyl (C=O) groups is 2. The highest BCUT2D eigenvalue weighted by Gasteiger charge is 2.21. The molecule has 0 fully saturated rings. The number of anilines is 1. The third kappa shape index (κ3) is 4.48. The van der Waals surface area contributed by atoms with Gasteiger partial charge in [0.05, 0.1) is 18.7 Å². The van der Waals surface area contributed by atoms with Gasteiger partial charge in [-0.05, 0) is 43.3 Å². The highest BCUT2D eigenvalue weighted by molar-refractivity contribution is 5.98. The number of methoxy groups -OCH3 is 1. The molecule has 25 heavy (non-hydrogen) atoms. The van der Waals surface area contributed by atoms with Gasteiger partial charge in [0.2, 0.25) is 0 Å². The smallest absolute Gasteiger partial charge is 0.342 e. The minimum absolute atomic E-state index is 0.0705. The van der Waals surface area contributed by atoms with Crippen molar-refractivity contribution in [3.05, 3.63) is 53.6 Å². The van der Waals surface area contributed by atoms with Crippen LogP contribution in [-0.2, 0) is 9.53 Å². The molecule has 0 aliphatic heterocycles. The summed E-state index contributed by atoms with van der Waals surface area (Å²) in [5.74, 6) is -1.28. The van der Waals surface area contributed by atoms with E-state index in [0.717, 1.165) is 0 Å². The van der Waals surface area contributed by atoms with Crippen LogP contribution < -0.4 is 10.1 Å². The highest BCUT2D eigenvalue weighted by Crippen LogP contribution is 2.24. The maximum Gasteiger partial charge on any atom is 0.342 e. The van der Waals surface area contributed by atoms with Crippen molar-refractivity contribution >= 4 is 17.6 Å². The zero-order valence-corrected chi connectivity index (χ0v) is 13.6. The van der Waals surface area contributed by atoms with E-state index in [1.54, 1.807) is 24.3 Å². The lowest BCUT2D eigenvalue weighted by atomic mass is 10.2. The molecule has 2 N–H and O–H groups in total. The molecule has 0 aromatic heterocycles. The number of phenolic OH excluding ortho intramolecular Hbond substituents is 1. The first kappa shape index (κ1) is 17.8. The van der Waals surface area contributed by atoms with Crippen LogP contribution in [-0.4, -0.2) is 30.2 Å². The van der Waals surface area contributed by atoms with Crippen molar-refractivity contribution < 1.29 is 24.2 Å². The summed E-state index contributed by atoms with van der Waals surface area (Å²) in [6.07, 6.45) is -1.08. The van der Waals surface area contributed by atoms with E-state index >= 15 is 0 Å². The summed E-state index contributed by atoms with van der Waals surface area (Å²) in [6.45, 7) is 1.41. The summed E-state index contributed by atoms with van der Waals surface area (Å²) in [7, 11) is 1.43. The van der Waals surface area contributed by atoms with Crippen molar-refractivity contribution in [2.75, 3.05) is 12.4 Å². The first-order valence-electron chi connectivity index (χ1n) is 7.33. The predicted molar refractivity (Wildman–Crippen MR) is 89.3 cm³/mol. The molecule has 0 bridgehead atoms. The number of nitriles is 1. The molecule has 7 nitrogen and oxygen atoms in total. The van der Waals surface area contributed by atoms with Crippen molar-refractivity contribution in [3.63, 3.8) is 0 Å². The van der Waals surface area contributed by atoms with Gasteiger partial charge in [0, 0.05) is 11.8 Å². The number of esters is 1. The maximum absolute atomic E-state index is 12.1. The Morgan fingerprint density at radius 1 is 1.20 bits per heavy atom. The third-order valence-corrected chi connectivity index (χ3v) is 3.36. The van der Waals surface area contributed by atoms with Gasteiger partial charge in [-0.15, -0.1) is 0 Å². The highest BCUT2D eigenvalue weighted by atomic mass is 16.5. The van der Waals surface area contributed by atoms with Crippen LogP contribution in [0.2, 0.25) is 0 Å². The van der Waals surface area contributed by atoms with Gasteiger partial charge in [0.25, 0.3) is 5.91 Å². The van der Waals surface area contributed by atoms with Crippen LogP contribution in [0.3, 0.4) is 0 Å². The zero-order valence-electron chi connectivity index (χ0n) is 13.6. The van der Waals surface area contributed by atoms with Gasteiger partial charge < -0.3 is 19.9 Å². The van der Waals surface area contributed by atoms with E-state index in [0.29, 0.717) is 17.0 Å². The Balaban J connectivity index is 2.00. The van der Waals surface area contributed by atoms with E-state index in [4.69, 9.17) is 14.7 Å². The van der Waals surface area contributed by atoms with Crippen LogP contribution in [0.4, 0.5) is 5.69 Å². The van der Waals surface area contributed by atoms with Gasteiger partial charge in [-0.25, -0.2) is 4.79 Å². The molecule has 0 spiro atoms. The van der Waals surface area contributed by atoms with Crippen LogP contribution in [0.5, 0.6) is 11.5 Å². The SMILES string of the molecule is COc1ccc(C(=O)O[C@H](C)C(=O)Nc2ccc(C#N)cc2)c(O)c1. The van der Waals surface area contributed by atoms with E-state index in [2.05, 4.69) is 5.32 Å². The molecular formula is C18H16N2O5. The number of phenols is 1. The van der Waals surface area contributed by atoms with Crippen molar-refractivity contribution in [1.29, 1.82) is 5.26 Å². The molecule has 0 saturated heterocycles. The van der Waals surface area contributed by atoms with Crippen LogP contribution in [0, 0.1) is 11.3 Å². The Morgan fingerprint density at radius 2 is 1.88 bits per heavy atom. The summed E-state index contributed by atoms with van der Waals surface area (Å²) in [4.78, 5) is 24.2. The molecule has 1 amide bonds. The Bertz CT molecular complexity index is 824. The number of nitrogens with zero attached hydrogens (tertiary/aromatic N) is 1. The van der Waals surface area contributed by atoms with Gasteiger partial charge in [-0.2, -0.15) is 5.26 Å². The summed E-state index contributed by atoms with van der Waals surface area (Å²) in [5.41, 5.74) is 0.866. The van der Waals surface area contributed by atoms with Crippen molar-refractivity contribution in [2.24, 2.45) is 0 Å². The van der Waals surface area contributed by atoms with Gasteiger partial charge in [-0.1, -0.05) is 0 Å². The molecule has 0 unspecified atom stereocenters. The Labute approximate surface area is 144 Å². The van der Waals surface area contributed by atoms with Crippen LogP contribution in [0.15, 0.2) is 42.5 Å². The first-order valence-corrected chi connectivity index (χ1v) is 7.33. The number of ether oxygens (including phenoxy) is 2. The van der Waals surface area contributed by atoms with Gasteiger partial charge in [-0.3, -0.25) is 4.79 Å². The maximum atomic E-state index is 12.1. The monoisotopic (exact) mass is 340 g/mol. The number of amides is 1. The molecule has 0 aliphatic carbocycles. The molecule has 7 heteroatoms. The van der Waals surface area contributed by atoms with E-state index in [-0.39, 0.29) is 11.3 Å². The number of aromatic hydroxyl groups is 1. The fourth-order valence-electron chi connectivity index (χ4n) is 1.96. The van der Waals surface area contributed by atoms with Crippen molar-refractivity contribution in [1.82, 2.24) is 0 Å². The summed E-state index contributed by atoms with van der Waals surface area (Å²) < 4.78 is 10.0. The Morgan fingerprint density at radius 3 is 2.44 bits per heavy atom. The lowest BCUT2D eigenvalue weighted by Gasteiger charge is -2.14. The molecule has 0 heterocycles. The molecule has 1 atom stereocenters. The second-order valence-electron chi connectivity index (χ2n) is 5.11. The molecule has 128 valence electrons. The average Bonchev–Trinajstić information content (AvgIpc) is 2.61. The molecule has 0 radical (unpaired) electrons. The molecule has 0 aliphatic rings. The largest absolute Gasteiger partial charge is 0.507 e. The van der Waals surface area contributed by atoms with E-state index in [1.807, 2.05) is 6.07 Å². The fourth-order valence-corrected chi connectivity index (χ4v) is 1.96. The summed E-state index contributed by atoms with van der Waals surface area (Å²) >= 11 is 0. The van der Waals surface area contributed by atoms with E-state index in [9.17, 15) is 14.7 Å². The zero-order chi connectivity index (χ0) is 18.4. The number of carbonyl (C=O) groups excluding carboxylic acids is 2. The average molecular weight is 340 g/mol. The molecule has 0 saturated carbocycles.